The molecule has 0 saturated carbocycles. The van der Waals surface area contributed by atoms with Crippen molar-refractivity contribution in [2.75, 3.05) is 49.1 Å². The maximum absolute atomic E-state index is 16.6. The monoisotopic (exact) mass is 526 g/mol. The van der Waals surface area contributed by atoms with Gasteiger partial charge in [0.2, 0.25) is 5.95 Å². The normalized spacial score (nSPS) is 21.3. The molecule has 1 aromatic heterocycles. The van der Waals surface area contributed by atoms with E-state index in [4.69, 9.17) is 9.97 Å². The molecule has 3 fully saturated rings. The Morgan fingerprint density at radius 3 is 2.38 bits per heavy atom. The smallest absolute Gasteiger partial charge is 0.228 e. The fourth-order valence-corrected chi connectivity index (χ4v) is 6.80. The summed E-state index contributed by atoms with van der Waals surface area (Å²) < 4.78 is 16.6. The summed E-state index contributed by atoms with van der Waals surface area (Å²) in [6, 6.07) is 16.3. The Kier molecular flexibility index (Phi) is 6.05. The number of hydrogen-bond acceptors (Lipinski definition) is 7. The zero-order chi connectivity index (χ0) is 26.7. The molecule has 4 heterocycles. The van der Waals surface area contributed by atoms with Gasteiger partial charge in [0, 0.05) is 55.3 Å². The summed E-state index contributed by atoms with van der Waals surface area (Å²) in [5.74, 6) is 1.17. The van der Waals surface area contributed by atoms with Crippen LogP contribution in [0, 0.1) is 5.82 Å². The van der Waals surface area contributed by atoms with Gasteiger partial charge in [-0.2, -0.15) is 4.98 Å². The molecule has 8 heteroatoms. The molecule has 4 aromatic rings. The Labute approximate surface area is 228 Å². The largest absolute Gasteiger partial charge is 0.508 e. The number of benzene rings is 3. The van der Waals surface area contributed by atoms with E-state index in [0.29, 0.717) is 40.7 Å². The van der Waals surface area contributed by atoms with Crippen molar-refractivity contribution in [1.82, 2.24) is 20.2 Å². The van der Waals surface area contributed by atoms with Gasteiger partial charge >= 0.3 is 0 Å². The first-order chi connectivity index (χ1) is 19.0. The van der Waals surface area contributed by atoms with Crippen LogP contribution < -0.4 is 15.1 Å². The molecular weight excluding hydrogens is 491 g/mol. The van der Waals surface area contributed by atoms with Crippen molar-refractivity contribution in [3.8, 4) is 16.9 Å². The van der Waals surface area contributed by atoms with E-state index in [-0.39, 0.29) is 11.6 Å². The van der Waals surface area contributed by atoms with Gasteiger partial charge in [0.1, 0.15) is 17.1 Å². The lowest BCUT2D eigenvalue weighted by Gasteiger charge is -2.45. The highest BCUT2D eigenvalue weighted by Gasteiger charge is 2.36. The van der Waals surface area contributed by atoms with Gasteiger partial charge in [0.15, 0.2) is 5.82 Å². The van der Waals surface area contributed by atoms with Crippen molar-refractivity contribution < 1.29 is 9.50 Å². The van der Waals surface area contributed by atoms with Crippen LogP contribution in [0.15, 0.2) is 48.5 Å². The minimum absolute atomic E-state index is 0.117. The number of phenols is 1. The minimum atomic E-state index is -0.368. The van der Waals surface area contributed by atoms with Crippen LogP contribution >= 0.6 is 0 Å². The molecule has 3 aromatic carbocycles. The van der Waals surface area contributed by atoms with Crippen LogP contribution in [0.25, 0.3) is 32.8 Å². The molecule has 202 valence electrons. The number of aromatic nitrogens is 2. The average Bonchev–Trinajstić information content (AvgIpc) is 3.27. The zero-order valence-electron chi connectivity index (χ0n) is 22.6. The van der Waals surface area contributed by atoms with Crippen LogP contribution in [-0.2, 0) is 0 Å². The first-order valence-corrected chi connectivity index (χ1v) is 14.2. The highest BCUT2D eigenvalue weighted by atomic mass is 19.1. The van der Waals surface area contributed by atoms with Crippen molar-refractivity contribution >= 4 is 33.4 Å². The molecule has 2 N–H and O–H groups in total. The van der Waals surface area contributed by atoms with Crippen LogP contribution in [0.2, 0.25) is 0 Å². The highest BCUT2D eigenvalue weighted by molar-refractivity contribution is 6.01. The van der Waals surface area contributed by atoms with E-state index >= 15 is 4.39 Å². The molecule has 39 heavy (non-hydrogen) atoms. The molecule has 0 aliphatic carbocycles. The second kappa shape index (κ2) is 9.61. The average molecular weight is 527 g/mol. The molecule has 3 saturated heterocycles. The first-order valence-electron chi connectivity index (χ1n) is 14.2. The third-order valence-corrected chi connectivity index (χ3v) is 8.90. The maximum Gasteiger partial charge on any atom is 0.228 e. The highest BCUT2D eigenvalue weighted by Crippen LogP contribution is 2.39. The molecule has 0 amide bonds. The van der Waals surface area contributed by atoms with E-state index < -0.39 is 0 Å². The number of hydrogen-bond donors (Lipinski definition) is 2. The summed E-state index contributed by atoms with van der Waals surface area (Å²) in [4.78, 5) is 16.9. The summed E-state index contributed by atoms with van der Waals surface area (Å²) in [6.45, 7) is 9.83. The van der Waals surface area contributed by atoms with Crippen LogP contribution in [0.5, 0.6) is 5.75 Å². The van der Waals surface area contributed by atoms with Crippen LogP contribution in [0.3, 0.4) is 0 Å². The number of fused-ring (bicyclic) bond motifs is 4. The SMILES string of the molecule is CCN(CC)C1CN(c2nc(N3CC4CCC(C3)N4)c3ccc(-c4cc(O)cc5ccccc45)c(F)c3n2)C1. The summed E-state index contributed by atoms with van der Waals surface area (Å²) >= 11 is 0. The molecular formula is C31H35FN6O. The standard InChI is InChI=1S/C31H35FN6O/c1-3-36(4-2)22-17-38(18-22)31-34-29-26(30(35-31)37-15-20-9-10-21(16-37)33-20)12-11-25(28(29)32)27-14-23(39)13-19-7-5-6-8-24(19)27/h5-8,11-14,20-22,33,39H,3-4,9-10,15-18H2,1-2H3. The predicted molar refractivity (Wildman–Crippen MR) is 155 cm³/mol. The van der Waals surface area contributed by atoms with Gasteiger partial charge in [-0.15, -0.1) is 0 Å². The number of rotatable bonds is 6. The molecule has 7 rings (SSSR count). The van der Waals surface area contributed by atoms with Gasteiger partial charge in [0.05, 0.1) is 0 Å². The number of nitrogens with one attached hydrogen (secondary N) is 1. The van der Waals surface area contributed by atoms with E-state index in [0.717, 1.165) is 74.1 Å². The van der Waals surface area contributed by atoms with Gasteiger partial charge in [-0.3, -0.25) is 4.90 Å². The Morgan fingerprint density at radius 1 is 0.897 bits per heavy atom. The Hall–Kier alpha value is -3.49. The lowest BCUT2D eigenvalue weighted by Crippen LogP contribution is -2.60. The third kappa shape index (κ3) is 4.17. The van der Waals surface area contributed by atoms with E-state index in [1.165, 1.54) is 0 Å². The van der Waals surface area contributed by atoms with Gasteiger partial charge in [-0.05, 0) is 60.5 Å². The molecule has 2 unspecified atom stereocenters. The van der Waals surface area contributed by atoms with Crippen molar-refractivity contribution in [3.63, 3.8) is 0 Å². The number of anilines is 2. The minimum Gasteiger partial charge on any atom is -0.508 e. The lowest BCUT2D eigenvalue weighted by molar-refractivity contribution is 0.182. The summed E-state index contributed by atoms with van der Waals surface area (Å²) in [6.07, 6.45) is 2.33. The topological polar surface area (TPSA) is 67.8 Å². The molecule has 3 aliphatic heterocycles. The lowest BCUT2D eigenvalue weighted by atomic mass is 9.96. The zero-order valence-corrected chi connectivity index (χ0v) is 22.6. The molecule has 0 spiro atoms. The van der Waals surface area contributed by atoms with Crippen molar-refractivity contribution in [1.29, 1.82) is 0 Å². The summed E-state index contributed by atoms with van der Waals surface area (Å²) in [7, 11) is 0. The first kappa shape index (κ1) is 24.5. The molecule has 2 atom stereocenters. The molecule has 3 aliphatic rings. The second-order valence-electron chi connectivity index (χ2n) is 11.2. The quantitative estimate of drug-likeness (QED) is 0.375. The Bertz CT molecular complexity index is 1540. The van der Waals surface area contributed by atoms with Crippen LogP contribution in [-0.4, -0.2) is 77.4 Å². The van der Waals surface area contributed by atoms with E-state index in [1.54, 1.807) is 12.1 Å². The molecule has 7 nitrogen and oxygen atoms in total. The number of halogens is 1. The van der Waals surface area contributed by atoms with E-state index in [9.17, 15) is 5.11 Å². The van der Waals surface area contributed by atoms with Gasteiger partial charge < -0.3 is 20.2 Å². The van der Waals surface area contributed by atoms with E-state index in [2.05, 4.69) is 33.9 Å². The van der Waals surface area contributed by atoms with Gasteiger partial charge in [0.25, 0.3) is 0 Å². The van der Waals surface area contributed by atoms with Crippen molar-refractivity contribution in [2.45, 2.75) is 44.8 Å². The number of nitrogens with zero attached hydrogens (tertiary/aromatic N) is 5. The fourth-order valence-electron chi connectivity index (χ4n) is 6.80. The third-order valence-electron chi connectivity index (χ3n) is 8.90. The Morgan fingerprint density at radius 2 is 1.64 bits per heavy atom. The van der Waals surface area contributed by atoms with Crippen molar-refractivity contribution in [3.05, 3.63) is 54.3 Å². The summed E-state index contributed by atoms with van der Waals surface area (Å²) in [5, 5.41) is 16.6. The van der Waals surface area contributed by atoms with Crippen LogP contribution in [0.1, 0.15) is 26.7 Å². The summed E-state index contributed by atoms with van der Waals surface area (Å²) in [5.41, 5.74) is 1.45. The number of aromatic hydroxyl groups is 1. The number of phenolic OH excluding ortho intramolecular Hbond substituents is 1. The predicted octanol–water partition coefficient (Wildman–Crippen LogP) is 4.77. The van der Waals surface area contributed by atoms with Crippen LogP contribution in [0.4, 0.5) is 16.2 Å². The Balaban J connectivity index is 1.36. The second-order valence-corrected chi connectivity index (χ2v) is 11.2. The number of likely N-dealkylation sites (N-methyl/N-ethyl adjacent to an activating group) is 1. The fraction of sp³-hybridized carbons (Fsp3) is 0.419. The van der Waals surface area contributed by atoms with Gasteiger partial charge in [-0.1, -0.05) is 44.2 Å². The molecule has 0 radical (unpaired) electrons. The van der Waals surface area contributed by atoms with Gasteiger partial charge in [-0.25, -0.2) is 9.37 Å². The van der Waals surface area contributed by atoms with Crippen molar-refractivity contribution in [2.24, 2.45) is 0 Å². The maximum atomic E-state index is 16.6. The number of piperazine rings is 1. The molecule has 2 bridgehead atoms. The van der Waals surface area contributed by atoms with E-state index in [1.807, 2.05) is 36.4 Å².